The number of nitrogens with two attached hydrogens (primary N) is 2. The number of phenolic OH excluding ortho intramolecular Hbond substituents is 1. The van der Waals surface area contributed by atoms with Crippen LogP contribution in [0.25, 0.3) is 0 Å². The fourth-order valence-electron chi connectivity index (χ4n) is 2.26. The van der Waals surface area contributed by atoms with Crippen LogP contribution >= 0.6 is 0 Å². The zero-order valence-electron chi connectivity index (χ0n) is 14.8. The van der Waals surface area contributed by atoms with Crippen LogP contribution in [0.2, 0.25) is 0 Å². The van der Waals surface area contributed by atoms with Gasteiger partial charge in [-0.15, -0.1) is 0 Å². The highest BCUT2D eigenvalue weighted by molar-refractivity contribution is 6.11. The number of nitrogen functional groups attached to an aromatic ring is 2. The van der Waals surface area contributed by atoms with E-state index in [1.807, 2.05) is 37.3 Å². The highest BCUT2D eigenvalue weighted by Crippen LogP contribution is 2.31. The number of ketones is 1. The number of carbonyl (C=O) groups is 1. The molecule has 5 N–H and O–H groups in total. The number of carbonyl (C=O) groups excluding carboxylic acids is 1. The average molecular weight is 350 g/mol. The first-order valence-corrected chi connectivity index (χ1v) is 8.00. The van der Waals surface area contributed by atoms with Gasteiger partial charge < -0.3 is 21.3 Å². The molecular formula is C21H22N2O3. The number of aromatic hydroxyl groups is 1. The largest absolute Gasteiger partial charge is 0.507 e. The average Bonchev–Trinajstić information content (AvgIpc) is 2.66. The van der Waals surface area contributed by atoms with Gasteiger partial charge in [0.15, 0.2) is 5.78 Å². The van der Waals surface area contributed by atoms with Crippen LogP contribution in [-0.4, -0.2) is 18.0 Å². The zero-order valence-corrected chi connectivity index (χ0v) is 14.8. The molecule has 0 unspecified atom stereocenters. The molecule has 0 aliphatic rings. The molecule has 0 fully saturated rings. The van der Waals surface area contributed by atoms with Crippen LogP contribution < -0.4 is 16.2 Å². The second-order valence-corrected chi connectivity index (χ2v) is 5.72. The van der Waals surface area contributed by atoms with Crippen LogP contribution in [0.4, 0.5) is 11.4 Å². The van der Waals surface area contributed by atoms with E-state index in [4.69, 9.17) is 16.2 Å². The van der Waals surface area contributed by atoms with Crippen molar-refractivity contribution in [1.29, 1.82) is 0 Å². The molecule has 5 nitrogen and oxygen atoms in total. The number of rotatable bonds is 3. The summed E-state index contributed by atoms with van der Waals surface area (Å²) in [6, 6.07) is 19.3. The summed E-state index contributed by atoms with van der Waals surface area (Å²) in [7, 11) is 1.45. The third-order valence-electron chi connectivity index (χ3n) is 3.71. The number of methoxy groups -OCH3 is 1. The van der Waals surface area contributed by atoms with E-state index in [1.54, 1.807) is 24.3 Å². The molecule has 0 radical (unpaired) electrons. The van der Waals surface area contributed by atoms with Crippen molar-refractivity contribution in [2.75, 3.05) is 18.6 Å². The summed E-state index contributed by atoms with van der Waals surface area (Å²) in [5, 5.41) is 9.82. The Bertz CT molecular complexity index is 855. The van der Waals surface area contributed by atoms with Gasteiger partial charge >= 0.3 is 0 Å². The van der Waals surface area contributed by atoms with Crippen molar-refractivity contribution in [2.24, 2.45) is 0 Å². The van der Waals surface area contributed by atoms with Gasteiger partial charge in [0.05, 0.1) is 18.4 Å². The number of ether oxygens (including phenoxy) is 1. The van der Waals surface area contributed by atoms with Crippen molar-refractivity contribution >= 4 is 17.2 Å². The Hall–Kier alpha value is -3.47. The highest BCUT2D eigenvalue weighted by atomic mass is 16.5. The van der Waals surface area contributed by atoms with Crippen molar-refractivity contribution in [3.8, 4) is 11.5 Å². The predicted octanol–water partition coefficient (Wildman–Crippen LogP) is 3.79. The first kappa shape index (κ1) is 18.9. The Kier molecular flexibility index (Phi) is 6.22. The highest BCUT2D eigenvalue weighted by Gasteiger charge is 2.16. The van der Waals surface area contributed by atoms with Crippen LogP contribution in [0, 0.1) is 6.92 Å². The summed E-state index contributed by atoms with van der Waals surface area (Å²) in [4.78, 5) is 12.2. The summed E-state index contributed by atoms with van der Waals surface area (Å²) in [5.41, 5.74) is 14.2. The summed E-state index contributed by atoms with van der Waals surface area (Å²) in [6.45, 7) is 2.04. The van der Waals surface area contributed by atoms with E-state index in [-0.39, 0.29) is 17.1 Å². The number of aryl methyl sites for hydroxylation is 1. The van der Waals surface area contributed by atoms with E-state index in [1.165, 1.54) is 24.8 Å². The molecule has 0 aromatic heterocycles. The van der Waals surface area contributed by atoms with E-state index in [0.717, 1.165) is 5.69 Å². The second-order valence-electron chi connectivity index (χ2n) is 5.72. The maximum atomic E-state index is 12.2. The van der Waals surface area contributed by atoms with Gasteiger partial charge in [0.25, 0.3) is 0 Å². The van der Waals surface area contributed by atoms with Crippen LogP contribution in [0.15, 0.2) is 66.7 Å². The fourth-order valence-corrected chi connectivity index (χ4v) is 2.26. The topological polar surface area (TPSA) is 98.6 Å². The third-order valence-corrected chi connectivity index (χ3v) is 3.71. The first-order valence-electron chi connectivity index (χ1n) is 8.00. The van der Waals surface area contributed by atoms with Crippen LogP contribution in [0.5, 0.6) is 11.5 Å². The van der Waals surface area contributed by atoms with Crippen molar-refractivity contribution in [3.63, 3.8) is 0 Å². The Morgan fingerprint density at radius 1 is 0.962 bits per heavy atom. The smallest absolute Gasteiger partial charge is 0.196 e. The molecule has 0 aliphatic carbocycles. The van der Waals surface area contributed by atoms with Crippen LogP contribution in [0.3, 0.4) is 0 Å². The molecule has 134 valence electrons. The molecular weight excluding hydrogens is 328 g/mol. The van der Waals surface area contributed by atoms with Crippen molar-refractivity contribution in [2.45, 2.75) is 6.92 Å². The number of hydrogen-bond acceptors (Lipinski definition) is 5. The molecule has 26 heavy (non-hydrogen) atoms. The van der Waals surface area contributed by atoms with Crippen molar-refractivity contribution in [3.05, 3.63) is 83.4 Å². The van der Waals surface area contributed by atoms with Gasteiger partial charge in [-0.05, 0) is 25.1 Å². The lowest BCUT2D eigenvalue weighted by Crippen LogP contribution is -2.03. The molecule has 0 aliphatic heterocycles. The van der Waals surface area contributed by atoms with Crippen LogP contribution in [0.1, 0.15) is 21.5 Å². The minimum atomic E-state index is -0.276. The standard InChI is InChI=1S/C14H13NO3.C7H9N/c1-18-13-8-12(16)10(7-11(13)15)14(17)9-5-3-2-4-6-9;1-6-2-4-7(8)5-3-6/h2-8,16H,15H2,1H3;2-5H,8H2,1H3. The Labute approximate surface area is 152 Å². The predicted molar refractivity (Wildman–Crippen MR) is 105 cm³/mol. The van der Waals surface area contributed by atoms with Gasteiger partial charge in [0, 0.05) is 17.3 Å². The maximum absolute atomic E-state index is 12.2. The molecule has 0 saturated carbocycles. The molecule has 0 spiro atoms. The Balaban J connectivity index is 0.000000254. The quantitative estimate of drug-likeness (QED) is 0.379. The monoisotopic (exact) mass is 350 g/mol. The molecule has 0 heterocycles. The molecule has 3 aromatic carbocycles. The number of benzene rings is 3. The maximum Gasteiger partial charge on any atom is 0.196 e. The van der Waals surface area contributed by atoms with Gasteiger partial charge in [0.2, 0.25) is 0 Å². The lowest BCUT2D eigenvalue weighted by Gasteiger charge is -2.09. The minimum Gasteiger partial charge on any atom is -0.507 e. The molecule has 0 bridgehead atoms. The number of anilines is 2. The van der Waals surface area contributed by atoms with Gasteiger partial charge in [-0.25, -0.2) is 0 Å². The van der Waals surface area contributed by atoms with E-state index in [2.05, 4.69) is 0 Å². The summed E-state index contributed by atoms with van der Waals surface area (Å²) in [5.74, 6) is -0.0746. The van der Waals surface area contributed by atoms with Gasteiger partial charge in [-0.3, -0.25) is 4.79 Å². The van der Waals surface area contributed by atoms with Crippen LogP contribution in [-0.2, 0) is 0 Å². The van der Waals surface area contributed by atoms with E-state index in [9.17, 15) is 9.90 Å². The van der Waals surface area contributed by atoms with Crippen molar-refractivity contribution in [1.82, 2.24) is 0 Å². The molecule has 5 heteroatoms. The van der Waals surface area contributed by atoms with E-state index < -0.39 is 0 Å². The van der Waals surface area contributed by atoms with Gasteiger partial charge in [-0.1, -0.05) is 48.0 Å². The molecule has 0 atom stereocenters. The van der Waals surface area contributed by atoms with E-state index >= 15 is 0 Å². The Morgan fingerprint density at radius 2 is 1.58 bits per heavy atom. The zero-order chi connectivity index (χ0) is 19.1. The molecule has 0 amide bonds. The second kappa shape index (κ2) is 8.58. The third kappa shape index (κ3) is 4.77. The minimum absolute atomic E-state index is 0.144. The van der Waals surface area contributed by atoms with Gasteiger partial charge in [-0.2, -0.15) is 0 Å². The molecule has 3 aromatic rings. The number of hydrogen-bond donors (Lipinski definition) is 3. The molecule has 3 rings (SSSR count). The molecule has 0 saturated heterocycles. The fraction of sp³-hybridized carbons (Fsp3) is 0.0952. The summed E-state index contributed by atoms with van der Waals surface area (Å²) < 4.78 is 4.97. The summed E-state index contributed by atoms with van der Waals surface area (Å²) in [6.07, 6.45) is 0. The lowest BCUT2D eigenvalue weighted by molar-refractivity contribution is 0.103. The number of phenols is 1. The lowest BCUT2D eigenvalue weighted by atomic mass is 10.0. The normalized spacial score (nSPS) is 9.77. The Morgan fingerprint density at radius 3 is 2.12 bits per heavy atom. The van der Waals surface area contributed by atoms with Crippen molar-refractivity contribution < 1.29 is 14.6 Å². The van der Waals surface area contributed by atoms with Gasteiger partial charge in [0.1, 0.15) is 11.5 Å². The summed E-state index contributed by atoms with van der Waals surface area (Å²) >= 11 is 0. The van der Waals surface area contributed by atoms with E-state index in [0.29, 0.717) is 17.0 Å². The first-order chi connectivity index (χ1) is 12.4. The SMILES string of the molecule is COc1cc(O)c(C(=O)c2ccccc2)cc1N.Cc1ccc(N)cc1.